The largest absolute Gasteiger partial charge is 0.414 e. The SMILES string of the molecule is CCCCC(CC=CC#C[Si](C)(C)C)O[Si](C)(C)C. The van der Waals surface area contributed by atoms with Crippen LogP contribution in [0, 0.1) is 11.5 Å². The molecule has 0 radical (unpaired) electrons. The molecule has 0 aromatic heterocycles. The summed E-state index contributed by atoms with van der Waals surface area (Å²) in [4.78, 5) is 0. The molecule has 1 nitrogen and oxygen atoms in total. The fourth-order valence-electron chi connectivity index (χ4n) is 1.69. The first-order valence-corrected chi connectivity index (χ1v) is 14.4. The highest BCUT2D eigenvalue weighted by Crippen LogP contribution is 2.16. The zero-order chi connectivity index (χ0) is 14.9. The van der Waals surface area contributed by atoms with Crippen molar-refractivity contribution >= 4 is 16.4 Å². The monoisotopic (exact) mass is 296 g/mol. The van der Waals surface area contributed by atoms with Gasteiger partial charge in [0.1, 0.15) is 8.07 Å². The van der Waals surface area contributed by atoms with Crippen LogP contribution >= 0.6 is 0 Å². The molecule has 110 valence electrons. The minimum Gasteiger partial charge on any atom is -0.414 e. The van der Waals surface area contributed by atoms with E-state index < -0.39 is 16.4 Å². The van der Waals surface area contributed by atoms with Gasteiger partial charge in [-0.25, -0.2) is 0 Å². The van der Waals surface area contributed by atoms with Crippen molar-refractivity contribution in [1.82, 2.24) is 0 Å². The Morgan fingerprint density at radius 3 is 2.21 bits per heavy atom. The summed E-state index contributed by atoms with van der Waals surface area (Å²) in [5, 5.41) is 0. The van der Waals surface area contributed by atoms with Crippen LogP contribution in [0.2, 0.25) is 39.3 Å². The highest BCUT2D eigenvalue weighted by molar-refractivity contribution is 6.83. The lowest BCUT2D eigenvalue weighted by atomic mass is 10.1. The molecule has 0 heterocycles. The van der Waals surface area contributed by atoms with Crippen LogP contribution in [0.3, 0.4) is 0 Å². The first kappa shape index (κ1) is 18.7. The van der Waals surface area contributed by atoms with Crippen LogP contribution in [0.25, 0.3) is 0 Å². The molecule has 1 unspecified atom stereocenters. The van der Waals surface area contributed by atoms with E-state index in [0.717, 1.165) is 6.42 Å². The molecule has 0 fully saturated rings. The Balaban J connectivity index is 4.31. The van der Waals surface area contributed by atoms with Gasteiger partial charge in [-0.05, 0) is 38.6 Å². The molecule has 0 spiro atoms. The van der Waals surface area contributed by atoms with Gasteiger partial charge in [0.05, 0.1) is 0 Å². The molecular formula is C16H32OSi2. The normalized spacial score (nSPS) is 14.3. The molecule has 0 N–H and O–H groups in total. The van der Waals surface area contributed by atoms with E-state index in [-0.39, 0.29) is 0 Å². The minimum atomic E-state index is -1.43. The molecule has 0 bridgehead atoms. The van der Waals surface area contributed by atoms with E-state index in [4.69, 9.17) is 4.43 Å². The third kappa shape index (κ3) is 13.9. The van der Waals surface area contributed by atoms with Gasteiger partial charge in [0.2, 0.25) is 0 Å². The molecule has 0 aliphatic rings. The van der Waals surface area contributed by atoms with Crippen LogP contribution in [-0.4, -0.2) is 22.5 Å². The van der Waals surface area contributed by atoms with Gasteiger partial charge in [0.25, 0.3) is 0 Å². The Bertz CT molecular complexity index is 323. The molecule has 0 aromatic rings. The van der Waals surface area contributed by atoms with Crippen LogP contribution in [0.15, 0.2) is 12.2 Å². The second kappa shape index (κ2) is 8.78. The van der Waals surface area contributed by atoms with Crippen molar-refractivity contribution in [1.29, 1.82) is 0 Å². The van der Waals surface area contributed by atoms with Gasteiger partial charge in [-0.2, -0.15) is 0 Å². The predicted molar refractivity (Wildman–Crippen MR) is 92.6 cm³/mol. The topological polar surface area (TPSA) is 9.23 Å². The van der Waals surface area contributed by atoms with Gasteiger partial charge >= 0.3 is 0 Å². The number of hydrogen-bond donors (Lipinski definition) is 0. The van der Waals surface area contributed by atoms with Crippen molar-refractivity contribution in [3.8, 4) is 11.5 Å². The minimum absolute atomic E-state index is 0.386. The quantitative estimate of drug-likeness (QED) is 0.462. The lowest BCUT2D eigenvalue weighted by Gasteiger charge is -2.25. The van der Waals surface area contributed by atoms with Crippen LogP contribution in [0.4, 0.5) is 0 Å². The summed E-state index contributed by atoms with van der Waals surface area (Å²) in [6.45, 7) is 15.8. The van der Waals surface area contributed by atoms with Gasteiger partial charge in [-0.3, -0.25) is 0 Å². The van der Waals surface area contributed by atoms with Gasteiger partial charge in [0, 0.05) is 6.10 Å². The third-order valence-corrected chi connectivity index (χ3v) is 4.38. The van der Waals surface area contributed by atoms with Crippen molar-refractivity contribution in [3.05, 3.63) is 12.2 Å². The van der Waals surface area contributed by atoms with Crippen LogP contribution in [0.5, 0.6) is 0 Å². The average Bonchev–Trinajstić information content (AvgIpc) is 2.21. The molecule has 0 aliphatic heterocycles. The lowest BCUT2D eigenvalue weighted by Crippen LogP contribution is -2.31. The van der Waals surface area contributed by atoms with E-state index in [0.29, 0.717) is 6.10 Å². The molecule has 0 aromatic carbocycles. The summed E-state index contributed by atoms with van der Waals surface area (Å²) in [5.74, 6) is 3.19. The van der Waals surface area contributed by atoms with Crippen molar-refractivity contribution in [2.24, 2.45) is 0 Å². The molecule has 0 rings (SSSR count). The van der Waals surface area contributed by atoms with Crippen molar-refractivity contribution in [2.45, 2.75) is 78.0 Å². The van der Waals surface area contributed by atoms with Crippen LogP contribution in [-0.2, 0) is 4.43 Å². The average molecular weight is 297 g/mol. The third-order valence-electron chi connectivity index (χ3n) is 2.45. The van der Waals surface area contributed by atoms with E-state index in [1.807, 2.05) is 6.08 Å². The summed E-state index contributed by atoms with van der Waals surface area (Å²) in [6, 6.07) is 0. The summed E-state index contributed by atoms with van der Waals surface area (Å²) < 4.78 is 6.24. The first-order chi connectivity index (χ1) is 8.64. The molecule has 0 saturated heterocycles. The highest BCUT2D eigenvalue weighted by Gasteiger charge is 2.19. The predicted octanol–water partition coefficient (Wildman–Crippen LogP) is 5.22. The Kier molecular flexibility index (Phi) is 8.64. The Labute approximate surface area is 123 Å². The molecular weight excluding hydrogens is 264 g/mol. The fraction of sp³-hybridized carbons (Fsp3) is 0.750. The summed E-state index contributed by atoms with van der Waals surface area (Å²) in [7, 11) is -2.66. The van der Waals surface area contributed by atoms with Crippen LogP contribution < -0.4 is 0 Å². The number of unbranched alkanes of at least 4 members (excludes halogenated alkanes) is 1. The Morgan fingerprint density at radius 1 is 1.11 bits per heavy atom. The second-order valence-electron chi connectivity index (χ2n) is 7.15. The molecule has 0 aliphatic carbocycles. The zero-order valence-corrected chi connectivity index (χ0v) is 16.0. The summed E-state index contributed by atoms with van der Waals surface area (Å²) >= 11 is 0. The number of hydrogen-bond acceptors (Lipinski definition) is 1. The smallest absolute Gasteiger partial charge is 0.184 e. The molecule has 1 atom stereocenters. The number of rotatable bonds is 7. The van der Waals surface area contributed by atoms with E-state index in [2.05, 4.69) is 63.7 Å². The molecule has 3 heteroatoms. The molecule has 19 heavy (non-hydrogen) atoms. The van der Waals surface area contributed by atoms with E-state index in [1.54, 1.807) is 0 Å². The summed E-state index contributed by atoms with van der Waals surface area (Å²) in [5.41, 5.74) is 3.36. The van der Waals surface area contributed by atoms with Gasteiger partial charge in [0.15, 0.2) is 8.32 Å². The van der Waals surface area contributed by atoms with E-state index in [1.165, 1.54) is 19.3 Å². The fourth-order valence-corrected chi connectivity index (χ4v) is 3.42. The highest BCUT2D eigenvalue weighted by atomic mass is 28.4. The van der Waals surface area contributed by atoms with Crippen molar-refractivity contribution in [3.63, 3.8) is 0 Å². The van der Waals surface area contributed by atoms with Crippen molar-refractivity contribution in [2.75, 3.05) is 0 Å². The Morgan fingerprint density at radius 2 is 1.74 bits per heavy atom. The lowest BCUT2D eigenvalue weighted by molar-refractivity contribution is 0.183. The van der Waals surface area contributed by atoms with E-state index in [9.17, 15) is 0 Å². The maximum atomic E-state index is 6.24. The van der Waals surface area contributed by atoms with E-state index >= 15 is 0 Å². The maximum Gasteiger partial charge on any atom is 0.184 e. The number of allylic oxidation sites excluding steroid dienone is 1. The Hall–Kier alpha value is -0.306. The molecule has 0 saturated carbocycles. The second-order valence-corrected chi connectivity index (χ2v) is 16.4. The zero-order valence-electron chi connectivity index (χ0n) is 14.0. The van der Waals surface area contributed by atoms with Gasteiger partial charge in [-0.15, -0.1) is 5.54 Å². The standard InChI is InChI=1S/C16H32OSi2/c1-8-9-13-16(17-19(5,6)7)14-11-10-12-15-18(2,3)4/h10-11,16H,8-9,13-14H2,1-7H3. The van der Waals surface area contributed by atoms with Crippen LogP contribution in [0.1, 0.15) is 32.6 Å². The van der Waals surface area contributed by atoms with Crippen molar-refractivity contribution < 1.29 is 4.43 Å². The summed E-state index contributed by atoms with van der Waals surface area (Å²) in [6.07, 6.45) is 9.26. The van der Waals surface area contributed by atoms with Gasteiger partial charge in [-0.1, -0.05) is 51.4 Å². The molecule has 0 amide bonds. The maximum absolute atomic E-state index is 6.24. The first-order valence-electron chi connectivity index (χ1n) is 7.49. The van der Waals surface area contributed by atoms with Gasteiger partial charge < -0.3 is 4.43 Å².